The summed E-state index contributed by atoms with van der Waals surface area (Å²) in [6.45, 7) is 9.91. The van der Waals surface area contributed by atoms with E-state index in [9.17, 15) is 4.79 Å². The van der Waals surface area contributed by atoms with Crippen molar-refractivity contribution in [2.45, 2.75) is 64.8 Å². The summed E-state index contributed by atoms with van der Waals surface area (Å²) in [5, 5.41) is 0.986. The quantitative estimate of drug-likeness (QED) is 0.436. The van der Waals surface area contributed by atoms with Crippen LogP contribution in [0.2, 0.25) is 0 Å². The molecule has 1 amide bonds. The van der Waals surface area contributed by atoms with Crippen LogP contribution >= 0.6 is 15.9 Å². The van der Waals surface area contributed by atoms with Crippen molar-refractivity contribution >= 4 is 22.0 Å². The van der Waals surface area contributed by atoms with Crippen LogP contribution in [0.15, 0.2) is 12.2 Å². The average molecular weight is 348 g/mol. The van der Waals surface area contributed by atoms with E-state index in [1.54, 1.807) is 4.90 Å². The molecule has 0 bridgehead atoms. The van der Waals surface area contributed by atoms with Crippen LogP contribution in [0.5, 0.6) is 0 Å². The number of alkyl halides is 1. The third-order valence-corrected chi connectivity index (χ3v) is 3.53. The summed E-state index contributed by atoms with van der Waals surface area (Å²) in [7, 11) is 0. The van der Waals surface area contributed by atoms with Gasteiger partial charge >= 0.3 is 6.09 Å². The molecule has 0 spiro atoms. The topological polar surface area (TPSA) is 38.8 Å². The lowest BCUT2D eigenvalue weighted by molar-refractivity contribution is -0.0610. The molecule has 0 aliphatic carbocycles. The number of unbranched alkanes of at least 4 members (excludes halogenated alkanes) is 1. The van der Waals surface area contributed by atoms with Gasteiger partial charge in [0.1, 0.15) is 11.3 Å². The molecule has 1 fully saturated rings. The number of nitrogens with zero attached hydrogens (tertiary/aromatic N) is 1. The SMILES string of the molecule is CC(C)(C)OC(=O)N1[C@H](C=CCCCBr)COC1(C)C. The van der Waals surface area contributed by atoms with E-state index in [4.69, 9.17) is 9.47 Å². The smallest absolute Gasteiger partial charge is 0.413 e. The second kappa shape index (κ2) is 6.94. The van der Waals surface area contributed by atoms with Crippen LogP contribution < -0.4 is 0 Å². The average Bonchev–Trinajstić information content (AvgIpc) is 2.58. The number of ether oxygens (including phenoxy) is 2. The minimum Gasteiger partial charge on any atom is -0.444 e. The predicted octanol–water partition coefficient (Wildman–Crippen LogP) is 4.09. The summed E-state index contributed by atoms with van der Waals surface area (Å²) < 4.78 is 11.2. The Balaban J connectivity index is 2.75. The Morgan fingerprint density at radius 2 is 2.15 bits per heavy atom. The van der Waals surface area contributed by atoms with Gasteiger partial charge in [-0.25, -0.2) is 4.79 Å². The van der Waals surface area contributed by atoms with Gasteiger partial charge in [-0.05, 0) is 47.5 Å². The van der Waals surface area contributed by atoms with E-state index in [0.29, 0.717) is 6.61 Å². The summed E-state index contributed by atoms with van der Waals surface area (Å²) >= 11 is 3.41. The van der Waals surface area contributed by atoms with Crippen molar-refractivity contribution in [3.05, 3.63) is 12.2 Å². The molecule has 1 saturated heterocycles. The second-order valence-electron chi connectivity index (χ2n) is 6.43. The molecule has 1 heterocycles. The van der Waals surface area contributed by atoms with E-state index < -0.39 is 11.3 Å². The summed E-state index contributed by atoms with van der Waals surface area (Å²) in [6, 6.07) is -0.0600. The van der Waals surface area contributed by atoms with E-state index in [0.717, 1.165) is 18.2 Å². The number of rotatable bonds is 4. The van der Waals surface area contributed by atoms with Crippen LogP contribution in [0.25, 0.3) is 0 Å². The fourth-order valence-corrected chi connectivity index (χ4v) is 2.41. The minimum atomic E-state index is -0.632. The molecule has 0 unspecified atom stereocenters. The molecular weight excluding hydrogens is 322 g/mol. The normalized spacial score (nSPS) is 22.5. The molecule has 0 aromatic carbocycles. The summed E-state index contributed by atoms with van der Waals surface area (Å²) in [5.74, 6) is 0. The van der Waals surface area contributed by atoms with Gasteiger partial charge < -0.3 is 9.47 Å². The highest BCUT2D eigenvalue weighted by molar-refractivity contribution is 9.09. The first-order valence-corrected chi connectivity index (χ1v) is 8.18. The molecule has 116 valence electrons. The third kappa shape index (κ3) is 5.09. The largest absolute Gasteiger partial charge is 0.444 e. The van der Waals surface area contributed by atoms with Gasteiger partial charge in [0.2, 0.25) is 0 Å². The van der Waals surface area contributed by atoms with Crippen LogP contribution in [-0.2, 0) is 9.47 Å². The third-order valence-electron chi connectivity index (χ3n) is 2.97. The van der Waals surface area contributed by atoms with Crippen LogP contribution in [0.3, 0.4) is 0 Å². The highest BCUT2D eigenvalue weighted by Gasteiger charge is 2.44. The Hall–Kier alpha value is -0.550. The maximum atomic E-state index is 12.4. The van der Waals surface area contributed by atoms with Gasteiger partial charge in [-0.2, -0.15) is 0 Å². The minimum absolute atomic E-state index is 0.0600. The van der Waals surface area contributed by atoms with E-state index in [2.05, 4.69) is 22.0 Å². The molecule has 0 radical (unpaired) electrons. The van der Waals surface area contributed by atoms with E-state index >= 15 is 0 Å². The van der Waals surface area contributed by atoms with Gasteiger partial charge in [-0.1, -0.05) is 28.1 Å². The maximum Gasteiger partial charge on any atom is 0.413 e. The van der Waals surface area contributed by atoms with Crippen molar-refractivity contribution in [1.29, 1.82) is 0 Å². The van der Waals surface area contributed by atoms with Gasteiger partial charge in [0.15, 0.2) is 0 Å². The fourth-order valence-electron chi connectivity index (χ4n) is 2.09. The maximum absolute atomic E-state index is 12.4. The Morgan fingerprint density at radius 3 is 2.70 bits per heavy atom. The van der Waals surface area contributed by atoms with Crippen molar-refractivity contribution in [3.63, 3.8) is 0 Å². The molecule has 20 heavy (non-hydrogen) atoms. The highest BCUT2D eigenvalue weighted by atomic mass is 79.9. The lowest BCUT2D eigenvalue weighted by Crippen LogP contribution is -2.49. The Bertz CT molecular complexity index is 361. The van der Waals surface area contributed by atoms with Crippen molar-refractivity contribution in [3.8, 4) is 0 Å². The zero-order valence-electron chi connectivity index (χ0n) is 13.1. The first-order valence-electron chi connectivity index (χ1n) is 7.06. The first kappa shape index (κ1) is 17.5. The lowest BCUT2D eigenvalue weighted by atomic mass is 10.2. The Morgan fingerprint density at radius 1 is 1.50 bits per heavy atom. The molecule has 1 atom stereocenters. The molecule has 1 rings (SSSR count). The van der Waals surface area contributed by atoms with Gasteiger partial charge in [0.25, 0.3) is 0 Å². The molecule has 0 N–H and O–H groups in total. The Kier molecular flexibility index (Phi) is 6.07. The molecule has 0 saturated carbocycles. The number of halogens is 1. The van der Waals surface area contributed by atoms with Crippen molar-refractivity contribution in [2.75, 3.05) is 11.9 Å². The Labute approximate surface area is 130 Å². The van der Waals surface area contributed by atoms with Gasteiger partial charge in [0, 0.05) is 5.33 Å². The van der Waals surface area contributed by atoms with E-state index in [1.807, 2.05) is 40.7 Å². The standard InChI is InChI=1S/C15H26BrNO3/c1-14(2,3)20-13(18)17-12(9-7-6-8-10-16)11-19-15(17,4)5/h7,9,12H,6,8,10-11H2,1-5H3/t12-/m1/s1. The van der Waals surface area contributed by atoms with Crippen LogP contribution in [0, 0.1) is 0 Å². The monoisotopic (exact) mass is 347 g/mol. The molecule has 1 aliphatic rings. The summed E-state index contributed by atoms with van der Waals surface area (Å²) in [4.78, 5) is 14.0. The number of carbonyl (C=O) groups excluding carboxylic acids is 1. The number of hydrogen-bond acceptors (Lipinski definition) is 3. The predicted molar refractivity (Wildman–Crippen MR) is 84.1 cm³/mol. The lowest BCUT2D eigenvalue weighted by Gasteiger charge is -2.34. The molecule has 0 aromatic rings. The summed E-state index contributed by atoms with van der Waals surface area (Å²) in [6.07, 6.45) is 5.90. The molecular formula is C15H26BrNO3. The van der Waals surface area contributed by atoms with E-state index in [-0.39, 0.29) is 12.1 Å². The van der Waals surface area contributed by atoms with Crippen LogP contribution in [0.1, 0.15) is 47.5 Å². The van der Waals surface area contributed by atoms with Crippen molar-refractivity contribution < 1.29 is 14.3 Å². The molecule has 4 nitrogen and oxygen atoms in total. The van der Waals surface area contributed by atoms with Crippen LogP contribution in [-0.4, -0.2) is 40.3 Å². The number of amides is 1. The van der Waals surface area contributed by atoms with Gasteiger partial charge in [-0.3, -0.25) is 4.90 Å². The van der Waals surface area contributed by atoms with Gasteiger partial charge in [-0.15, -0.1) is 0 Å². The zero-order valence-corrected chi connectivity index (χ0v) is 14.7. The fraction of sp³-hybridized carbons (Fsp3) is 0.800. The van der Waals surface area contributed by atoms with Crippen molar-refractivity contribution in [1.82, 2.24) is 4.90 Å². The molecule has 1 aliphatic heterocycles. The number of carbonyl (C=O) groups is 1. The van der Waals surface area contributed by atoms with Crippen molar-refractivity contribution in [2.24, 2.45) is 0 Å². The van der Waals surface area contributed by atoms with Gasteiger partial charge in [0.05, 0.1) is 12.6 Å². The molecule has 0 aromatic heterocycles. The van der Waals surface area contributed by atoms with E-state index in [1.165, 1.54) is 0 Å². The second-order valence-corrected chi connectivity index (χ2v) is 7.23. The number of allylic oxidation sites excluding steroid dienone is 1. The first-order chi connectivity index (χ1) is 9.17. The summed E-state index contributed by atoms with van der Waals surface area (Å²) in [5.41, 5.74) is -1.13. The number of hydrogen-bond donors (Lipinski definition) is 0. The molecule has 5 heteroatoms. The van der Waals surface area contributed by atoms with Crippen LogP contribution in [0.4, 0.5) is 4.79 Å². The zero-order chi connectivity index (χ0) is 15.4. The highest BCUT2D eigenvalue weighted by Crippen LogP contribution is 2.30.